The van der Waals surface area contributed by atoms with Crippen LogP contribution in [0.4, 0.5) is 0 Å². The highest BCUT2D eigenvalue weighted by molar-refractivity contribution is 14.1. The highest BCUT2D eigenvalue weighted by atomic mass is 127. The summed E-state index contributed by atoms with van der Waals surface area (Å²) in [5, 5.41) is 2.55. The molecule has 2 aromatic heterocycles. The van der Waals surface area contributed by atoms with Crippen LogP contribution < -0.4 is 9.47 Å². The molecule has 2 heterocycles. The molecule has 9 rings (SSSR count). The molecule has 0 fully saturated rings. The van der Waals surface area contributed by atoms with Crippen LogP contribution in [0.5, 0.6) is 11.5 Å². The van der Waals surface area contributed by atoms with E-state index in [0.29, 0.717) is 13.2 Å². The van der Waals surface area contributed by atoms with E-state index in [4.69, 9.17) is 9.47 Å². The summed E-state index contributed by atoms with van der Waals surface area (Å²) in [5.41, 5.74) is 18.7. The van der Waals surface area contributed by atoms with Gasteiger partial charge in [-0.25, -0.2) is 0 Å². The molecule has 0 saturated carbocycles. The van der Waals surface area contributed by atoms with Gasteiger partial charge in [-0.3, -0.25) is 0 Å². The molecule has 0 aliphatic heterocycles. The van der Waals surface area contributed by atoms with Crippen molar-refractivity contribution in [3.8, 4) is 11.5 Å². The third-order valence-electron chi connectivity index (χ3n) is 14.4. The predicted molar refractivity (Wildman–Crippen MR) is 322 cm³/mol. The highest BCUT2D eigenvalue weighted by Crippen LogP contribution is 2.45. The number of halogens is 1. The number of allylic oxidation sites excluding steroid dienone is 2. The second-order valence-corrected chi connectivity index (χ2v) is 20.9. The molecule has 0 aliphatic rings. The molecule has 0 spiro atoms. The first-order valence-corrected chi connectivity index (χ1v) is 27.5. The van der Waals surface area contributed by atoms with Crippen molar-refractivity contribution >= 4 is 66.7 Å². The lowest BCUT2D eigenvalue weighted by Gasteiger charge is -2.20. The van der Waals surface area contributed by atoms with Crippen molar-refractivity contribution in [3.63, 3.8) is 0 Å². The number of nitrogens with zero attached hydrogens (tertiary/aromatic N) is 4. The molecule has 6 nitrogen and oxygen atoms in total. The number of ether oxygens (including phenoxy) is 2. The summed E-state index contributed by atoms with van der Waals surface area (Å²) in [5.74, 6) is 1.72. The maximum Gasteiger partial charge on any atom is 0.119 e. The van der Waals surface area contributed by atoms with Crippen molar-refractivity contribution in [2.24, 2.45) is 0 Å². The van der Waals surface area contributed by atoms with E-state index >= 15 is 0 Å². The topological polar surface area (TPSA) is 34.8 Å². The lowest BCUT2D eigenvalue weighted by atomic mass is 9.83. The molecule has 0 aliphatic carbocycles. The fourth-order valence-electron chi connectivity index (χ4n) is 10.6. The van der Waals surface area contributed by atoms with Crippen LogP contribution in [-0.4, -0.2) is 73.4 Å². The van der Waals surface area contributed by atoms with Crippen LogP contribution in [0, 0.1) is 3.57 Å². The lowest BCUT2D eigenvalue weighted by molar-refractivity contribution is 0.261. The van der Waals surface area contributed by atoms with Crippen molar-refractivity contribution in [2.75, 3.05) is 54.5 Å². The fraction of sp³-hybridized carbons (Fsp3) is 0.254. The lowest BCUT2D eigenvalue weighted by Crippen LogP contribution is -2.19. The molecule has 378 valence electrons. The predicted octanol–water partition coefficient (Wildman–Crippen LogP) is 16.0. The molecular weight excluding hydrogens is 1020 g/mol. The van der Waals surface area contributed by atoms with Crippen LogP contribution >= 0.6 is 22.6 Å². The summed E-state index contributed by atoms with van der Waals surface area (Å²) in [6.45, 7) is 13.9. The molecule has 0 saturated heterocycles. The van der Waals surface area contributed by atoms with Gasteiger partial charge in [-0.1, -0.05) is 123 Å². The Morgan fingerprint density at radius 2 is 0.838 bits per heavy atom. The first kappa shape index (κ1) is 52.2. The third-order valence-corrected chi connectivity index (χ3v) is 15.1. The molecule has 7 heteroatoms. The largest absolute Gasteiger partial charge is 0.492 e. The molecule has 0 radical (unpaired) electrons. The maximum atomic E-state index is 6.16. The van der Waals surface area contributed by atoms with Crippen LogP contribution in [0.2, 0.25) is 0 Å². The molecule has 9 aromatic rings. The number of aromatic nitrogens is 2. The zero-order chi connectivity index (χ0) is 51.7. The van der Waals surface area contributed by atoms with E-state index in [0.717, 1.165) is 50.5 Å². The minimum atomic E-state index is -0.0477. The Balaban J connectivity index is 1.23. The van der Waals surface area contributed by atoms with Gasteiger partial charge in [-0.05, 0) is 210 Å². The summed E-state index contributed by atoms with van der Waals surface area (Å²) in [6.07, 6.45) is 6.61. The molecule has 0 bridgehead atoms. The van der Waals surface area contributed by atoms with E-state index in [1.54, 1.807) is 0 Å². The van der Waals surface area contributed by atoms with Gasteiger partial charge in [-0.2, -0.15) is 0 Å². The van der Waals surface area contributed by atoms with Gasteiger partial charge in [-0.15, -0.1) is 0 Å². The van der Waals surface area contributed by atoms with Crippen molar-refractivity contribution < 1.29 is 9.47 Å². The third kappa shape index (κ3) is 11.5. The van der Waals surface area contributed by atoms with Crippen molar-refractivity contribution in [2.45, 2.75) is 59.5 Å². The summed E-state index contributed by atoms with van der Waals surface area (Å²) in [7, 11) is 8.30. The number of hydrogen-bond donors (Lipinski definition) is 0. The zero-order valence-electron chi connectivity index (χ0n) is 44.5. The normalized spacial score (nSPS) is 12.9. The highest BCUT2D eigenvalue weighted by Gasteiger charge is 2.27. The van der Waals surface area contributed by atoms with Crippen LogP contribution in [-0.2, 0) is 13.1 Å². The van der Waals surface area contributed by atoms with Crippen LogP contribution in [0.15, 0.2) is 182 Å². The fourth-order valence-corrected chi connectivity index (χ4v) is 11.0. The number of aryl methyl sites for hydroxylation is 2. The van der Waals surface area contributed by atoms with E-state index in [2.05, 4.69) is 280 Å². The summed E-state index contributed by atoms with van der Waals surface area (Å²) >= 11 is 2.44. The van der Waals surface area contributed by atoms with Gasteiger partial charge in [0, 0.05) is 69.9 Å². The molecule has 0 unspecified atom stereocenters. The standard InChI is InChI=1S/C67H71IN4O2/c1-9-57(65(47-19-15-13-16-20-47)49-25-33-55(34-26-49)73-41-39-69(5)6)52-29-37-63-59(43-52)61(45-71(63)11-3)67(51-23-31-54(68)32-24-51)62-46-72(12-4)64-38-30-53(44-60(62)64)58(10-2)66(48-21-17-14-18-22-48)50-27-35-56(36-28-50)74-42-40-70(7)8/h13-38,43-46,67H,9-12,39-42H2,1-8H3/b65-57+,66-58+. The second kappa shape index (κ2) is 24.1. The van der Waals surface area contributed by atoms with Crippen molar-refractivity contribution in [3.05, 3.63) is 236 Å². The number of benzene rings is 7. The molecule has 0 N–H and O–H groups in total. The number of likely N-dealkylation sites (N-methyl/N-ethyl adjacent to an activating group) is 2. The van der Waals surface area contributed by atoms with Crippen molar-refractivity contribution in [1.29, 1.82) is 0 Å². The second-order valence-electron chi connectivity index (χ2n) is 19.7. The van der Waals surface area contributed by atoms with Gasteiger partial charge in [0.2, 0.25) is 0 Å². The number of fused-ring (bicyclic) bond motifs is 2. The van der Waals surface area contributed by atoms with Crippen molar-refractivity contribution in [1.82, 2.24) is 18.9 Å². The Kier molecular flexibility index (Phi) is 17.0. The average Bonchev–Trinajstić information content (AvgIpc) is 3.98. The smallest absolute Gasteiger partial charge is 0.119 e. The minimum Gasteiger partial charge on any atom is -0.492 e. The van der Waals surface area contributed by atoms with Crippen LogP contribution in [0.1, 0.15) is 96.5 Å². The number of hydrogen-bond acceptors (Lipinski definition) is 4. The first-order chi connectivity index (χ1) is 36.1. The Hall–Kier alpha value is -6.65. The van der Waals surface area contributed by atoms with E-state index < -0.39 is 0 Å². The Bertz CT molecular complexity index is 3160. The van der Waals surface area contributed by atoms with Gasteiger partial charge in [0.25, 0.3) is 0 Å². The zero-order valence-corrected chi connectivity index (χ0v) is 46.7. The Morgan fingerprint density at radius 3 is 1.20 bits per heavy atom. The van der Waals surface area contributed by atoms with Gasteiger partial charge in [0.15, 0.2) is 0 Å². The van der Waals surface area contributed by atoms with Crippen LogP contribution in [0.3, 0.4) is 0 Å². The molecule has 74 heavy (non-hydrogen) atoms. The molecular formula is C67H71IN4O2. The summed E-state index contributed by atoms with van der Waals surface area (Å²) < 4.78 is 18.4. The summed E-state index contributed by atoms with van der Waals surface area (Å²) in [6, 6.07) is 62.8. The van der Waals surface area contributed by atoms with Gasteiger partial charge < -0.3 is 28.4 Å². The minimum absolute atomic E-state index is 0.0477. The average molecular weight is 1090 g/mol. The van der Waals surface area contributed by atoms with Gasteiger partial charge in [0.05, 0.1) is 0 Å². The summed E-state index contributed by atoms with van der Waals surface area (Å²) in [4.78, 5) is 4.29. The van der Waals surface area contributed by atoms with E-state index in [-0.39, 0.29) is 5.92 Å². The van der Waals surface area contributed by atoms with Crippen LogP contribution in [0.25, 0.3) is 44.1 Å². The Morgan fingerprint density at radius 1 is 0.459 bits per heavy atom. The molecule has 0 amide bonds. The van der Waals surface area contributed by atoms with Gasteiger partial charge >= 0.3 is 0 Å². The van der Waals surface area contributed by atoms with Gasteiger partial charge in [0.1, 0.15) is 24.7 Å². The monoisotopic (exact) mass is 1090 g/mol. The quantitative estimate of drug-likeness (QED) is 0.0531. The first-order valence-electron chi connectivity index (χ1n) is 26.4. The van der Waals surface area contributed by atoms with E-state index in [1.807, 2.05) is 0 Å². The van der Waals surface area contributed by atoms with E-state index in [9.17, 15) is 0 Å². The molecule has 0 atom stereocenters. The molecule has 7 aromatic carbocycles. The van der Waals surface area contributed by atoms with E-state index in [1.165, 1.54) is 97.7 Å². The number of rotatable bonds is 21. The Labute approximate surface area is 453 Å². The maximum absolute atomic E-state index is 6.16. The SMILES string of the molecule is CC/C(=C(/c1ccccc1)c1ccc(OCCN(C)C)cc1)c1ccc2c(c1)c(C(c1ccc(I)cc1)c1cn(CC)c3ccc(/C(CC)=C(\c4ccccc4)c4ccc(OCCN(C)C)cc4)cc13)cn2CC.